The quantitative estimate of drug-likeness (QED) is 0.758. The van der Waals surface area contributed by atoms with Gasteiger partial charge in [-0.15, -0.1) is 0 Å². The molecule has 1 aromatic heterocycles. The Balaban J connectivity index is 2.37. The number of nitrogens with one attached hydrogen (secondary N) is 1. The van der Waals surface area contributed by atoms with Crippen molar-refractivity contribution in [1.82, 2.24) is 9.97 Å². The van der Waals surface area contributed by atoms with Crippen LogP contribution < -0.4 is 5.32 Å². The first kappa shape index (κ1) is 15.5. The first-order valence-corrected chi connectivity index (χ1v) is 8.07. The Kier molecular flexibility index (Phi) is 5.60. The first-order chi connectivity index (χ1) is 9.65. The minimum absolute atomic E-state index is 0.655. The molecule has 2 rings (SSSR count). The van der Waals surface area contributed by atoms with Gasteiger partial charge in [0.1, 0.15) is 11.6 Å². The van der Waals surface area contributed by atoms with E-state index in [1.807, 2.05) is 31.3 Å². The molecule has 0 aliphatic heterocycles. The van der Waals surface area contributed by atoms with Crippen LogP contribution in [0.15, 0.2) is 24.3 Å². The standard InChI is InChI=1S/C15H17ClIN3/c1-3-6-12-14(17)15(18-2)20-13(19-12)9-10-7-4-5-8-11(10)16/h4-5,7-8H,3,6,9H2,1-2H3,(H,18,19,20). The lowest BCUT2D eigenvalue weighted by molar-refractivity contribution is 0.834. The van der Waals surface area contributed by atoms with Crippen molar-refractivity contribution in [3.63, 3.8) is 0 Å². The zero-order chi connectivity index (χ0) is 14.5. The summed E-state index contributed by atoms with van der Waals surface area (Å²) in [6, 6.07) is 7.83. The van der Waals surface area contributed by atoms with Gasteiger partial charge in [0.15, 0.2) is 0 Å². The van der Waals surface area contributed by atoms with Crippen LogP contribution in [0.5, 0.6) is 0 Å². The van der Waals surface area contributed by atoms with E-state index in [1.54, 1.807) is 0 Å². The van der Waals surface area contributed by atoms with Gasteiger partial charge in [-0.05, 0) is 40.6 Å². The highest BCUT2D eigenvalue weighted by Gasteiger charge is 2.12. The van der Waals surface area contributed by atoms with E-state index >= 15 is 0 Å². The van der Waals surface area contributed by atoms with E-state index in [9.17, 15) is 0 Å². The predicted octanol–water partition coefficient (Wildman–Crippen LogP) is 4.32. The number of hydrogen-bond acceptors (Lipinski definition) is 3. The number of nitrogens with zero attached hydrogens (tertiary/aromatic N) is 2. The van der Waals surface area contributed by atoms with E-state index in [1.165, 1.54) is 0 Å². The van der Waals surface area contributed by atoms with Crippen LogP contribution >= 0.6 is 34.2 Å². The third kappa shape index (κ3) is 3.61. The Morgan fingerprint density at radius 2 is 2.00 bits per heavy atom. The average Bonchev–Trinajstić information content (AvgIpc) is 2.45. The van der Waals surface area contributed by atoms with Crippen molar-refractivity contribution in [2.75, 3.05) is 12.4 Å². The molecule has 0 amide bonds. The van der Waals surface area contributed by atoms with Gasteiger partial charge in [0.25, 0.3) is 0 Å². The molecule has 20 heavy (non-hydrogen) atoms. The number of benzene rings is 1. The second kappa shape index (κ2) is 7.22. The van der Waals surface area contributed by atoms with Gasteiger partial charge in [0, 0.05) is 18.5 Å². The molecule has 1 heterocycles. The molecule has 0 fully saturated rings. The molecule has 0 unspecified atom stereocenters. The fourth-order valence-electron chi connectivity index (χ4n) is 2.00. The number of rotatable bonds is 5. The summed E-state index contributed by atoms with van der Waals surface area (Å²) in [6.45, 7) is 2.16. The molecular formula is C15H17ClIN3. The summed E-state index contributed by atoms with van der Waals surface area (Å²) in [4.78, 5) is 9.27. The highest BCUT2D eigenvalue weighted by molar-refractivity contribution is 14.1. The molecule has 0 saturated heterocycles. The fourth-order valence-corrected chi connectivity index (χ4v) is 2.99. The highest BCUT2D eigenvalue weighted by atomic mass is 127. The lowest BCUT2D eigenvalue weighted by Crippen LogP contribution is -2.08. The fraction of sp³-hybridized carbons (Fsp3) is 0.333. The highest BCUT2D eigenvalue weighted by Crippen LogP contribution is 2.23. The number of aromatic nitrogens is 2. The maximum absolute atomic E-state index is 6.21. The number of halogens is 2. The molecular weight excluding hydrogens is 385 g/mol. The smallest absolute Gasteiger partial charge is 0.143 e. The predicted molar refractivity (Wildman–Crippen MR) is 92.5 cm³/mol. The Morgan fingerprint density at radius 3 is 2.65 bits per heavy atom. The SMILES string of the molecule is CCCc1nc(Cc2ccccc2Cl)nc(NC)c1I. The molecule has 1 aromatic carbocycles. The molecule has 0 atom stereocenters. The number of aryl methyl sites for hydroxylation is 1. The molecule has 0 saturated carbocycles. The number of anilines is 1. The van der Waals surface area contributed by atoms with Crippen molar-refractivity contribution in [3.05, 3.63) is 49.9 Å². The van der Waals surface area contributed by atoms with Gasteiger partial charge in [0.2, 0.25) is 0 Å². The van der Waals surface area contributed by atoms with Crippen LogP contribution in [0.25, 0.3) is 0 Å². The molecule has 3 nitrogen and oxygen atoms in total. The molecule has 0 spiro atoms. The van der Waals surface area contributed by atoms with Gasteiger partial charge in [-0.25, -0.2) is 9.97 Å². The van der Waals surface area contributed by atoms with Gasteiger partial charge >= 0.3 is 0 Å². The lowest BCUT2D eigenvalue weighted by Gasteiger charge is -2.11. The maximum atomic E-state index is 6.21. The molecule has 5 heteroatoms. The van der Waals surface area contributed by atoms with E-state index in [0.717, 1.165) is 44.3 Å². The normalized spacial score (nSPS) is 10.6. The lowest BCUT2D eigenvalue weighted by atomic mass is 10.1. The Hall–Kier alpha value is -0.880. The van der Waals surface area contributed by atoms with Crippen LogP contribution in [0, 0.1) is 3.57 Å². The molecule has 106 valence electrons. The molecule has 2 aromatic rings. The summed E-state index contributed by atoms with van der Waals surface area (Å²) in [5, 5.41) is 3.91. The first-order valence-electron chi connectivity index (χ1n) is 6.62. The minimum atomic E-state index is 0.655. The van der Waals surface area contributed by atoms with E-state index in [4.69, 9.17) is 11.6 Å². The van der Waals surface area contributed by atoms with Crippen molar-refractivity contribution in [1.29, 1.82) is 0 Å². The third-order valence-corrected chi connectivity index (χ3v) is 4.50. The van der Waals surface area contributed by atoms with E-state index in [-0.39, 0.29) is 0 Å². The van der Waals surface area contributed by atoms with Crippen LogP contribution in [0.2, 0.25) is 5.02 Å². The Bertz CT molecular complexity index is 602. The van der Waals surface area contributed by atoms with E-state index in [0.29, 0.717) is 6.42 Å². The van der Waals surface area contributed by atoms with E-state index in [2.05, 4.69) is 44.8 Å². The van der Waals surface area contributed by atoms with Gasteiger partial charge in [0.05, 0.1) is 9.26 Å². The molecule has 1 N–H and O–H groups in total. The van der Waals surface area contributed by atoms with Crippen molar-refractivity contribution < 1.29 is 0 Å². The summed E-state index contributed by atoms with van der Waals surface area (Å²) in [7, 11) is 1.89. The Morgan fingerprint density at radius 1 is 1.25 bits per heavy atom. The molecule has 0 aliphatic rings. The topological polar surface area (TPSA) is 37.8 Å². The molecule has 0 radical (unpaired) electrons. The number of hydrogen-bond donors (Lipinski definition) is 1. The zero-order valence-corrected chi connectivity index (χ0v) is 14.5. The zero-order valence-electron chi connectivity index (χ0n) is 11.6. The summed E-state index contributed by atoms with van der Waals surface area (Å²) in [5.74, 6) is 1.71. The Labute approximate surface area is 138 Å². The van der Waals surface area contributed by atoms with Crippen LogP contribution in [0.3, 0.4) is 0 Å². The summed E-state index contributed by atoms with van der Waals surface area (Å²) < 4.78 is 1.11. The van der Waals surface area contributed by atoms with Crippen LogP contribution in [0.4, 0.5) is 5.82 Å². The van der Waals surface area contributed by atoms with Crippen LogP contribution in [-0.2, 0) is 12.8 Å². The van der Waals surface area contributed by atoms with Gasteiger partial charge in [-0.1, -0.05) is 43.1 Å². The van der Waals surface area contributed by atoms with E-state index < -0.39 is 0 Å². The van der Waals surface area contributed by atoms with Gasteiger partial charge in [-0.2, -0.15) is 0 Å². The summed E-state index contributed by atoms with van der Waals surface area (Å²) >= 11 is 8.51. The molecule has 0 aliphatic carbocycles. The largest absolute Gasteiger partial charge is 0.372 e. The monoisotopic (exact) mass is 401 g/mol. The van der Waals surface area contributed by atoms with Crippen LogP contribution in [-0.4, -0.2) is 17.0 Å². The second-order valence-electron chi connectivity index (χ2n) is 4.52. The third-order valence-electron chi connectivity index (χ3n) is 3.00. The van der Waals surface area contributed by atoms with Crippen molar-refractivity contribution in [3.8, 4) is 0 Å². The average molecular weight is 402 g/mol. The summed E-state index contributed by atoms with van der Waals surface area (Å²) in [5.41, 5.74) is 2.16. The van der Waals surface area contributed by atoms with Gasteiger partial charge in [-0.3, -0.25) is 0 Å². The minimum Gasteiger partial charge on any atom is -0.372 e. The van der Waals surface area contributed by atoms with Crippen LogP contribution in [0.1, 0.15) is 30.4 Å². The second-order valence-corrected chi connectivity index (χ2v) is 6.00. The van der Waals surface area contributed by atoms with Crippen molar-refractivity contribution >= 4 is 40.0 Å². The van der Waals surface area contributed by atoms with Crippen molar-refractivity contribution in [2.24, 2.45) is 0 Å². The summed E-state index contributed by atoms with van der Waals surface area (Å²) in [6.07, 6.45) is 2.69. The van der Waals surface area contributed by atoms with Crippen molar-refractivity contribution in [2.45, 2.75) is 26.2 Å². The van der Waals surface area contributed by atoms with Gasteiger partial charge < -0.3 is 5.32 Å². The maximum Gasteiger partial charge on any atom is 0.143 e. The molecule has 0 bridgehead atoms.